The van der Waals surface area contributed by atoms with Crippen molar-refractivity contribution in [1.82, 2.24) is 34.6 Å². The Labute approximate surface area is 159 Å². The lowest BCUT2D eigenvalue weighted by Crippen LogP contribution is -2.25. The molecule has 1 fully saturated rings. The second-order valence-corrected chi connectivity index (χ2v) is 6.58. The zero-order valence-corrected chi connectivity index (χ0v) is 15.2. The van der Waals surface area contributed by atoms with Gasteiger partial charge in [0, 0.05) is 19.2 Å². The minimum Gasteiger partial charge on any atom is -0.394 e. The van der Waals surface area contributed by atoms with Gasteiger partial charge in [-0.25, -0.2) is 9.67 Å². The van der Waals surface area contributed by atoms with Crippen molar-refractivity contribution in [2.24, 2.45) is 5.92 Å². The standard InChI is InChI=1S/C16H20N8O4/c1-7-9(5-25)28-15(11(7)26)23-6-19-10-12(17)21-16(22-13(10)23)24-4-8(3-20-24)14(27)18-2/h3-4,6-7,9,11,15,25-26H,5H2,1-2H3,(H,18,27)(H2,17,21,22)/t7-,9-,11-,15-/m1/s1. The largest absolute Gasteiger partial charge is 0.394 e. The molecule has 1 saturated heterocycles. The number of nitrogens with one attached hydrogen (secondary N) is 1. The molecule has 4 rings (SSSR count). The van der Waals surface area contributed by atoms with Crippen molar-refractivity contribution in [2.45, 2.75) is 25.4 Å². The number of nitrogen functional groups attached to an aromatic ring is 1. The molecule has 0 aliphatic carbocycles. The van der Waals surface area contributed by atoms with E-state index in [0.717, 1.165) is 0 Å². The summed E-state index contributed by atoms with van der Waals surface area (Å²) >= 11 is 0. The zero-order valence-electron chi connectivity index (χ0n) is 15.2. The molecule has 12 nitrogen and oxygen atoms in total. The van der Waals surface area contributed by atoms with Crippen LogP contribution < -0.4 is 11.1 Å². The molecule has 0 spiro atoms. The molecule has 3 aromatic heterocycles. The van der Waals surface area contributed by atoms with Gasteiger partial charge in [-0.15, -0.1) is 0 Å². The first-order valence-electron chi connectivity index (χ1n) is 8.66. The number of amides is 1. The summed E-state index contributed by atoms with van der Waals surface area (Å²) in [6.45, 7) is 1.59. The van der Waals surface area contributed by atoms with Crippen LogP contribution in [-0.4, -0.2) is 71.3 Å². The minimum absolute atomic E-state index is 0.120. The van der Waals surface area contributed by atoms with Crippen molar-refractivity contribution >= 4 is 22.9 Å². The highest BCUT2D eigenvalue weighted by Crippen LogP contribution is 2.35. The average molecular weight is 388 g/mol. The average Bonchev–Trinajstić information content (AvgIpc) is 3.40. The second-order valence-electron chi connectivity index (χ2n) is 6.58. The number of rotatable bonds is 4. The monoisotopic (exact) mass is 388 g/mol. The van der Waals surface area contributed by atoms with Crippen LogP contribution in [0.4, 0.5) is 5.82 Å². The summed E-state index contributed by atoms with van der Waals surface area (Å²) < 4.78 is 8.64. The van der Waals surface area contributed by atoms with Crippen LogP contribution in [0.3, 0.4) is 0 Å². The molecule has 148 valence electrons. The molecule has 12 heteroatoms. The predicted octanol–water partition coefficient (Wildman–Crippen LogP) is -1.16. The van der Waals surface area contributed by atoms with Crippen LogP contribution in [0.1, 0.15) is 23.5 Å². The Morgan fingerprint density at radius 1 is 1.43 bits per heavy atom. The number of nitrogens with zero attached hydrogens (tertiary/aromatic N) is 6. The van der Waals surface area contributed by atoms with Gasteiger partial charge in [0.05, 0.1) is 30.8 Å². The molecule has 0 radical (unpaired) electrons. The van der Waals surface area contributed by atoms with E-state index in [9.17, 15) is 15.0 Å². The lowest BCUT2D eigenvalue weighted by Gasteiger charge is -2.17. The van der Waals surface area contributed by atoms with Crippen LogP contribution in [0, 0.1) is 5.92 Å². The van der Waals surface area contributed by atoms with Gasteiger partial charge in [-0.3, -0.25) is 9.36 Å². The van der Waals surface area contributed by atoms with Crippen molar-refractivity contribution in [3.63, 3.8) is 0 Å². The summed E-state index contributed by atoms with van der Waals surface area (Å²) in [6, 6.07) is 0. The van der Waals surface area contributed by atoms with E-state index in [2.05, 4.69) is 25.4 Å². The van der Waals surface area contributed by atoms with E-state index in [0.29, 0.717) is 16.7 Å². The fraction of sp³-hybridized carbons (Fsp3) is 0.438. The van der Waals surface area contributed by atoms with E-state index in [1.54, 1.807) is 11.5 Å². The number of hydrogen-bond acceptors (Lipinski definition) is 9. The van der Waals surface area contributed by atoms with Gasteiger partial charge in [0.1, 0.15) is 11.6 Å². The minimum atomic E-state index is -0.862. The predicted molar refractivity (Wildman–Crippen MR) is 96.4 cm³/mol. The third-order valence-corrected chi connectivity index (χ3v) is 4.90. The van der Waals surface area contributed by atoms with Gasteiger partial charge >= 0.3 is 0 Å². The van der Waals surface area contributed by atoms with Crippen LogP contribution in [0.25, 0.3) is 17.1 Å². The number of imidazole rings is 1. The summed E-state index contributed by atoms with van der Waals surface area (Å²) in [4.78, 5) is 24.6. The van der Waals surface area contributed by atoms with Gasteiger partial charge in [0.15, 0.2) is 17.7 Å². The van der Waals surface area contributed by atoms with Gasteiger partial charge in [0.2, 0.25) is 0 Å². The van der Waals surface area contributed by atoms with E-state index in [1.165, 1.54) is 30.5 Å². The van der Waals surface area contributed by atoms with E-state index in [1.807, 2.05) is 0 Å². The van der Waals surface area contributed by atoms with Gasteiger partial charge < -0.3 is 26.0 Å². The number of ether oxygens (including phenoxy) is 1. The number of fused-ring (bicyclic) bond motifs is 1. The number of carbonyl (C=O) groups excluding carboxylic acids is 1. The van der Waals surface area contributed by atoms with Gasteiger partial charge in [-0.1, -0.05) is 6.92 Å². The van der Waals surface area contributed by atoms with E-state index < -0.39 is 18.4 Å². The maximum Gasteiger partial charge on any atom is 0.254 e. The van der Waals surface area contributed by atoms with Crippen LogP contribution >= 0.6 is 0 Å². The van der Waals surface area contributed by atoms with Crippen molar-refractivity contribution in [3.05, 3.63) is 24.3 Å². The Morgan fingerprint density at radius 2 is 2.21 bits per heavy atom. The lowest BCUT2D eigenvalue weighted by molar-refractivity contribution is -0.0491. The maximum atomic E-state index is 11.7. The number of aromatic nitrogens is 6. The zero-order chi connectivity index (χ0) is 20.0. The molecule has 0 saturated carbocycles. The normalized spacial score (nSPS) is 24.7. The van der Waals surface area contributed by atoms with E-state index in [-0.39, 0.29) is 30.2 Å². The first kappa shape index (κ1) is 18.3. The Kier molecular flexibility index (Phi) is 4.45. The Morgan fingerprint density at radius 3 is 2.89 bits per heavy atom. The topological polar surface area (TPSA) is 166 Å². The fourth-order valence-corrected chi connectivity index (χ4v) is 3.21. The third kappa shape index (κ3) is 2.78. The highest BCUT2D eigenvalue weighted by molar-refractivity contribution is 5.93. The molecule has 5 N–H and O–H groups in total. The Bertz CT molecular complexity index is 1030. The molecule has 1 aliphatic heterocycles. The first-order chi connectivity index (χ1) is 13.4. The number of aliphatic hydroxyl groups excluding tert-OH is 2. The fourth-order valence-electron chi connectivity index (χ4n) is 3.21. The molecule has 0 bridgehead atoms. The Balaban J connectivity index is 1.77. The highest BCUT2D eigenvalue weighted by atomic mass is 16.5. The number of nitrogens with two attached hydrogens (primary N) is 1. The lowest BCUT2D eigenvalue weighted by atomic mass is 10.0. The highest BCUT2D eigenvalue weighted by Gasteiger charge is 2.42. The smallest absolute Gasteiger partial charge is 0.254 e. The molecule has 4 heterocycles. The SMILES string of the molecule is CNC(=O)c1cnn(-c2nc(N)c3ncn([C@@H]4O[C@H](CO)[C@@H](C)[C@H]4O)c3n2)c1. The van der Waals surface area contributed by atoms with Crippen LogP contribution in [-0.2, 0) is 4.74 Å². The molecular weight excluding hydrogens is 368 g/mol. The summed E-state index contributed by atoms with van der Waals surface area (Å²) in [5, 5.41) is 26.6. The van der Waals surface area contributed by atoms with Crippen molar-refractivity contribution in [3.8, 4) is 5.95 Å². The molecule has 1 amide bonds. The Hall–Kier alpha value is -3.09. The summed E-state index contributed by atoms with van der Waals surface area (Å²) in [5.74, 6) is -0.305. The number of anilines is 1. The number of carbonyl (C=O) groups is 1. The summed E-state index contributed by atoms with van der Waals surface area (Å²) in [7, 11) is 1.52. The quantitative estimate of drug-likeness (QED) is 0.431. The van der Waals surface area contributed by atoms with Crippen molar-refractivity contribution in [2.75, 3.05) is 19.4 Å². The van der Waals surface area contributed by atoms with Crippen LogP contribution in [0.5, 0.6) is 0 Å². The molecule has 28 heavy (non-hydrogen) atoms. The first-order valence-corrected chi connectivity index (χ1v) is 8.66. The third-order valence-electron chi connectivity index (χ3n) is 4.90. The summed E-state index contributed by atoms with van der Waals surface area (Å²) in [5.41, 5.74) is 7.05. The van der Waals surface area contributed by atoms with E-state index in [4.69, 9.17) is 10.5 Å². The molecular formula is C16H20N8O4. The molecule has 1 aliphatic rings. The second kappa shape index (κ2) is 6.82. The molecule has 0 unspecified atom stereocenters. The summed E-state index contributed by atoms with van der Waals surface area (Å²) in [6.07, 6.45) is 2.18. The molecule has 0 aromatic carbocycles. The van der Waals surface area contributed by atoms with Crippen molar-refractivity contribution < 1.29 is 19.7 Å². The van der Waals surface area contributed by atoms with E-state index >= 15 is 0 Å². The number of hydrogen-bond donors (Lipinski definition) is 4. The van der Waals surface area contributed by atoms with Crippen LogP contribution in [0.2, 0.25) is 0 Å². The van der Waals surface area contributed by atoms with Crippen LogP contribution in [0.15, 0.2) is 18.7 Å². The van der Waals surface area contributed by atoms with Crippen molar-refractivity contribution in [1.29, 1.82) is 0 Å². The maximum absolute atomic E-state index is 11.7. The van der Waals surface area contributed by atoms with Gasteiger partial charge in [0.25, 0.3) is 11.9 Å². The van der Waals surface area contributed by atoms with Gasteiger partial charge in [-0.05, 0) is 0 Å². The molecule has 3 aromatic rings. The number of aliphatic hydroxyl groups is 2. The molecule has 4 atom stereocenters. The van der Waals surface area contributed by atoms with Gasteiger partial charge in [-0.2, -0.15) is 15.1 Å².